The summed E-state index contributed by atoms with van der Waals surface area (Å²) in [6.45, 7) is 3.68. The van der Waals surface area contributed by atoms with Crippen molar-refractivity contribution in [2.24, 2.45) is 0 Å². The van der Waals surface area contributed by atoms with Crippen LogP contribution in [0.25, 0.3) is 0 Å². The number of esters is 1. The molecule has 0 amide bonds. The molecule has 0 fully saturated rings. The molecule has 0 heterocycles. The number of rotatable bonds is 6. The molecule has 0 N–H and O–H groups in total. The predicted molar refractivity (Wildman–Crippen MR) is 85.4 cm³/mol. The molecule has 0 aromatic heterocycles. The Kier molecular flexibility index (Phi) is 5.36. The Balaban J connectivity index is 2.02. The highest BCUT2D eigenvalue weighted by atomic mass is 16.6. The van der Waals surface area contributed by atoms with Crippen LogP contribution < -0.4 is 14.2 Å². The van der Waals surface area contributed by atoms with Gasteiger partial charge in [-0.05, 0) is 49.2 Å². The number of carbonyl (C=O) groups is 2. The zero-order chi connectivity index (χ0) is 16.8. The lowest BCUT2D eigenvalue weighted by molar-refractivity contribution is -0.136. The average molecular weight is 314 g/mol. The maximum Gasteiger partial charge on any atom is 0.349 e. The molecular weight excluding hydrogens is 296 g/mol. The van der Waals surface area contributed by atoms with Gasteiger partial charge in [0.25, 0.3) is 0 Å². The molecule has 120 valence electrons. The molecule has 2 aromatic carbocycles. The van der Waals surface area contributed by atoms with E-state index in [0.717, 1.165) is 11.1 Å². The molecule has 0 aliphatic carbocycles. The summed E-state index contributed by atoms with van der Waals surface area (Å²) >= 11 is 0. The number of benzene rings is 2. The Hall–Kier alpha value is -2.82. The topological polar surface area (TPSA) is 61.8 Å². The first-order valence-corrected chi connectivity index (χ1v) is 7.08. The lowest BCUT2D eigenvalue weighted by Gasteiger charge is -2.12. The number of hydrogen-bond donors (Lipinski definition) is 0. The summed E-state index contributed by atoms with van der Waals surface area (Å²) in [4.78, 5) is 22.7. The first kappa shape index (κ1) is 16.5. The number of aryl methyl sites for hydroxylation is 1. The molecule has 0 bridgehead atoms. The van der Waals surface area contributed by atoms with Crippen LogP contribution in [0.2, 0.25) is 0 Å². The summed E-state index contributed by atoms with van der Waals surface area (Å²) in [7, 11) is 1.44. The maximum absolute atomic E-state index is 11.9. The Bertz CT molecular complexity index is 721. The zero-order valence-corrected chi connectivity index (χ0v) is 13.3. The fourth-order valence-corrected chi connectivity index (χ4v) is 2.01. The van der Waals surface area contributed by atoms with Crippen molar-refractivity contribution < 1.29 is 23.8 Å². The second kappa shape index (κ2) is 7.45. The van der Waals surface area contributed by atoms with E-state index in [-0.39, 0.29) is 12.4 Å². The highest BCUT2D eigenvalue weighted by Gasteiger charge is 2.12. The highest BCUT2D eigenvalue weighted by molar-refractivity contribution is 5.78. The number of hydrogen-bond acceptors (Lipinski definition) is 5. The molecule has 0 saturated heterocycles. The molecule has 2 rings (SSSR count). The van der Waals surface area contributed by atoms with Crippen LogP contribution in [0.3, 0.4) is 0 Å². The van der Waals surface area contributed by atoms with Gasteiger partial charge in [0, 0.05) is 5.56 Å². The average Bonchev–Trinajstić information content (AvgIpc) is 2.56. The first-order valence-electron chi connectivity index (χ1n) is 7.08. The molecule has 5 nitrogen and oxygen atoms in total. The SMILES string of the molecule is COc1cc(C=O)ccc1OC(=O)COc1cccc(C)c1C. The Morgan fingerprint density at radius 2 is 1.87 bits per heavy atom. The van der Waals surface area contributed by atoms with Gasteiger partial charge < -0.3 is 14.2 Å². The molecule has 5 heteroatoms. The quantitative estimate of drug-likeness (QED) is 0.466. The van der Waals surface area contributed by atoms with E-state index in [2.05, 4.69) is 0 Å². The molecule has 2 aromatic rings. The van der Waals surface area contributed by atoms with Crippen LogP contribution in [0.5, 0.6) is 17.2 Å². The Morgan fingerprint density at radius 1 is 1.09 bits per heavy atom. The van der Waals surface area contributed by atoms with E-state index < -0.39 is 5.97 Å². The molecule has 0 spiro atoms. The standard InChI is InChI=1S/C18H18O5/c1-12-5-4-6-15(13(12)2)22-11-18(20)23-16-8-7-14(10-19)9-17(16)21-3/h4-10H,11H2,1-3H3. The van der Waals surface area contributed by atoms with Crippen molar-refractivity contribution >= 4 is 12.3 Å². The lowest BCUT2D eigenvalue weighted by atomic mass is 10.1. The molecule has 0 unspecified atom stereocenters. The fraction of sp³-hybridized carbons (Fsp3) is 0.222. The summed E-state index contributed by atoms with van der Waals surface area (Å²) in [6, 6.07) is 10.2. The van der Waals surface area contributed by atoms with Crippen LogP contribution in [0, 0.1) is 13.8 Å². The maximum atomic E-state index is 11.9. The van der Waals surface area contributed by atoms with Gasteiger partial charge in [0.2, 0.25) is 0 Å². The number of aldehydes is 1. The number of ether oxygens (including phenoxy) is 3. The van der Waals surface area contributed by atoms with Crippen LogP contribution >= 0.6 is 0 Å². The summed E-state index contributed by atoms with van der Waals surface area (Å²) < 4.78 is 15.8. The smallest absolute Gasteiger partial charge is 0.349 e. The Labute approximate surface area is 134 Å². The van der Waals surface area contributed by atoms with Crippen molar-refractivity contribution in [2.45, 2.75) is 13.8 Å². The van der Waals surface area contributed by atoms with E-state index in [4.69, 9.17) is 14.2 Å². The van der Waals surface area contributed by atoms with Crippen LogP contribution in [0.1, 0.15) is 21.5 Å². The van der Waals surface area contributed by atoms with Crippen molar-refractivity contribution in [3.8, 4) is 17.2 Å². The predicted octanol–water partition coefficient (Wildman–Crippen LogP) is 3.11. The fourth-order valence-electron chi connectivity index (χ4n) is 2.01. The molecular formula is C18H18O5. The van der Waals surface area contributed by atoms with E-state index in [1.54, 1.807) is 12.1 Å². The lowest BCUT2D eigenvalue weighted by Crippen LogP contribution is -2.18. The van der Waals surface area contributed by atoms with E-state index in [0.29, 0.717) is 23.3 Å². The first-order chi connectivity index (χ1) is 11.0. The van der Waals surface area contributed by atoms with E-state index in [9.17, 15) is 9.59 Å². The summed E-state index contributed by atoms with van der Waals surface area (Å²) in [5.74, 6) is 0.649. The third-order valence-corrected chi connectivity index (χ3v) is 3.45. The minimum Gasteiger partial charge on any atom is -0.493 e. The van der Waals surface area contributed by atoms with E-state index in [1.807, 2.05) is 26.0 Å². The third-order valence-electron chi connectivity index (χ3n) is 3.45. The number of methoxy groups -OCH3 is 1. The van der Waals surface area contributed by atoms with E-state index >= 15 is 0 Å². The van der Waals surface area contributed by atoms with Gasteiger partial charge in [0.05, 0.1) is 7.11 Å². The molecule has 0 aliphatic heterocycles. The summed E-state index contributed by atoms with van der Waals surface area (Å²) in [6.07, 6.45) is 0.692. The van der Waals surface area contributed by atoms with Gasteiger partial charge in [-0.2, -0.15) is 0 Å². The molecule has 23 heavy (non-hydrogen) atoms. The second-order valence-electron chi connectivity index (χ2n) is 4.99. The zero-order valence-electron chi connectivity index (χ0n) is 13.3. The molecule has 0 atom stereocenters. The van der Waals surface area contributed by atoms with Gasteiger partial charge in [-0.25, -0.2) is 4.79 Å². The second-order valence-corrected chi connectivity index (χ2v) is 4.99. The number of carbonyl (C=O) groups excluding carboxylic acids is 2. The van der Waals surface area contributed by atoms with Gasteiger partial charge in [-0.3, -0.25) is 4.79 Å². The monoisotopic (exact) mass is 314 g/mol. The van der Waals surface area contributed by atoms with E-state index in [1.165, 1.54) is 19.2 Å². The minimum absolute atomic E-state index is 0.219. The Morgan fingerprint density at radius 3 is 2.57 bits per heavy atom. The largest absolute Gasteiger partial charge is 0.493 e. The van der Waals surface area contributed by atoms with Crippen molar-refractivity contribution in [3.05, 3.63) is 53.1 Å². The minimum atomic E-state index is -0.553. The van der Waals surface area contributed by atoms with Crippen molar-refractivity contribution in [2.75, 3.05) is 13.7 Å². The van der Waals surface area contributed by atoms with Crippen LogP contribution in [-0.4, -0.2) is 26.0 Å². The van der Waals surface area contributed by atoms with Crippen molar-refractivity contribution in [3.63, 3.8) is 0 Å². The van der Waals surface area contributed by atoms with Crippen molar-refractivity contribution in [1.82, 2.24) is 0 Å². The van der Waals surface area contributed by atoms with Gasteiger partial charge in [0.15, 0.2) is 18.1 Å². The highest BCUT2D eigenvalue weighted by Crippen LogP contribution is 2.28. The van der Waals surface area contributed by atoms with Gasteiger partial charge in [-0.15, -0.1) is 0 Å². The molecule has 0 radical (unpaired) electrons. The summed E-state index contributed by atoms with van der Waals surface area (Å²) in [5.41, 5.74) is 2.50. The molecule has 0 saturated carbocycles. The third kappa shape index (κ3) is 4.10. The van der Waals surface area contributed by atoms with Gasteiger partial charge in [-0.1, -0.05) is 12.1 Å². The molecule has 0 aliphatic rings. The van der Waals surface area contributed by atoms with Crippen molar-refractivity contribution in [1.29, 1.82) is 0 Å². The summed E-state index contributed by atoms with van der Waals surface area (Å²) in [5, 5.41) is 0. The van der Waals surface area contributed by atoms with Crippen LogP contribution in [-0.2, 0) is 4.79 Å². The van der Waals surface area contributed by atoms with Gasteiger partial charge >= 0.3 is 5.97 Å². The van der Waals surface area contributed by atoms with Crippen LogP contribution in [0.4, 0.5) is 0 Å². The van der Waals surface area contributed by atoms with Gasteiger partial charge in [0.1, 0.15) is 12.0 Å². The normalized spacial score (nSPS) is 10.0. The van der Waals surface area contributed by atoms with Crippen LogP contribution in [0.15, 0.2) is 36.4 Å².